The quantitative estimate of drug-likeness (QED) is 0.745. The molecule has 0 radical (unpaired) electrons. The maximum atomic E-state index is 13.4. The van der Waals surface area contributed by atoms with E-state index in [0.717, 1.165) is 50.9 Å². The van der Waals surface area contributed by atoms with Crippen LogP contribution in [0.2, 0.25) is 5.02 Å². The number of sulfonamides is 1. The van der Waals surface area contributed by atoms with Gasteiger partial charge in [-0.1, -0.05) is 24.4 Å². The van der Waals surface area contributed by atoms with Crippen molar-refractivity contribution in [1.29, 1.82) is 0 Å². The predicted octanol–water partition coefficient (Wildman–Crippen LogP) is 4.69. The Morgan fingerprint density at radius 3 is 2.21 bits per heavy atom. The molecule has 2 N–H and O–H groups in total. The van der Waals surface area contributed by atoms with Crippen LogP contribution in [0, 0.1) is 5.82 Å². The summed E-state index contributed by atoms with van der Waals surface area (Å²) in [6, 6.07) is 9.20. The van der Waals surface area contributed by atoms with Crippen LogP contribution in [-0.4, -0.2) is 32.4 Å². The molecule has 0 bridgehead atoms. The van der Waals surface area contributed by atoms with E-state index in [0.29, 0.717) is 5.69 Å². The molecule has 2 amide bonds. The highest BCUT2D eigenvalue weighted by atomic mass is 35.5. The van der Waals surface area contributed by atoms with Crippen molar-refractivity contribution in [1.82, 2.24) is 4.90 Å². The number of carbonyl (C=O) groups excluding carboxylic acids is 1. The van der Waals surface area contributed by atoms with Crippen molar-refractivity contribution in [3.05, 3.63) is 53.3 Å². The van der Waals surface area contributed by atoms with Crippen molar-refractivity contribution in [3.63, 3.8) is 0 Å². The third-order valence-corrected chi connectivity index (χ3v) is 6.33. The number of anilines is 2. The summed E-state index contributed by atoms with van der Waals surface area (Å²) in [5.41, 5.74) is 0.828. The smallest absolute Gasteiger partial charge is 0.321 e. The molecule has 1 aliphatic heterocycles. The highest BCUT2D eigenvalue weighted by Gasteiger charge is 2.19. The summed E-state index contributed by atoms with van der Waals surface area (Å²) in [5, 5.41) is 2.74. The zero-order valence-corrected chi connectivity index (χ0v) is 16.7. The third-order valence-electron chi connectivity index (χ3n) is 4.46. The lowest BCUT2D eigenvalue weighted by Crippen LogP contribution is -2.35. The molecular formula is C19H21ClFN3O3S. The molecule has 0 unspecified atom stereocenters. The summed E-state index contributed by atoms with van der Waals surface area (Å²) < 4.78 is 40.6. The van der Waals surface area contributed by atoms with Gasteiger partial charge in [0.15, 0.2) is 0 Å². The molecule has 6 nitrogen and oxygen atoms in total. The van der Waals surface area contributed by atoms with Gasteiger partial charge in [0.2, 0.25) is 0 Å². The first kappa shape index (κ1) is 20.4. The fourth-order valence-corrected chi connectivity index (χ4v) is 4.56. The molecule has 9 heteroatoms. The molecule has 0 spiro atoms. The molecule has 150 valence electrons. The van der Waals surface area contributed by atoms with Gasteiger partial charge in [-0.3, -0.25) is 4.72 Å². The number of urea groups is 1. The van der Waals surface area contributed by atoms with E-state index >= 15 is 0 Å². The van der Waals surface area contributed by atoms with Gasteiger partial charge in [-0.05, 0) is 55.3 Å². The molecule has 2 aromatic rings. The number of benzene rings is 2. The van der Waals surface area contributed by atoms with Crippen molar-refractivity contribution in [2.45, 2.75) is 30.6 Å². The van der Waals surface area contributed by atoms with Crippen LogP contribution < -0.4 is 10.0 Å². The Labute approximate surface area is 168 Å². The summed E-state index contributed by atoms with van der Waals surface area (Å²) in [6.07, 6.45) is 4.26. The van der Waals surface area contributed by atoms with Gasteiger partial charge in [0.05, 0.1) is 5.02 Å². The maximum absolute atomic E-state index is 13.4. The Morgan fingerprint density at radius 1 is 0.964 bits per heavy atom. The monoisotopic (exact) mass is 425 g/mol. The van der Waals surface area contributed by atoms with E-state index in [-0.39, 0.29) is 21.6 Å². The summed E-state index contributed by atoms with van der Waals surface area (Å²) in [4.78, 5) is 13.8. The predicted molar refractivity (Wildman–Crippen MR) is 108 cm³/mol. The van der Waals surface area contributed by atoms with Crippen LogP contribution >= 0.6 is 11.6 Å². The van der Waals surface area contributed by atoms with Gasteiger partial charge in [-0.2, -0.15) is 0 Å². The Bertz CT molecular complexity index is 943. The van der Waals surface area contributed by atoms with Crippen LogP contribution in [0.1, 0.15) is 25.7 Å². The zero-order chi connectivity index (χ0) is 20.1. The number of hydrogen-bond donors (Lipinski definition) is 2. The third kappa shape index (κ3) is 5.14. The topological polar surface area (TPSA) is 78.5 Å². The lowest BCUT2D eigenvalue weighted by atomic mass is 10.2. The molecule has 2 aromatic carbocycles. The Morgan fingerprint density at radius 2 is 1.57 bits per heavy atom. The normalized spacial score (nSPS) is 15.0. The number of carbonyl (C=O) groups is 1. The summed E-state index contributed by atoms with van der Waals surface area (Å²) in [7, 11) is -4.04. The Hall–Kier alpha value is -2.32. The first-order chi connectivity index (χ1) is 13.3. The van der Waals surface area contributed by atoms with Gasteiger partial charge in [-0.25, -0.2) is 17.6 Å². The van der Waals surface area contributed by atoms with Crippen molar-refractivity contribution >= 4 is 39.0 Å². The van der Waals surface area contributed by atoms with Crippen molar-refractivity contribution in [2.24, 2.45) is 0 Å². The van der Waals surface area contributed by atoms with Crippen LogP contribution in [0.25, 0.3) is 0 Å². The largest absolute Gasteiger partial charge is 0.325 e. The molecule has 1 heterocycles. The van der Waals surface area contributed by atoms with Crippen LogP contribution in [0.4, 0.5) is 20.6 Å². The number of likely N-dealkylation sites (tertiary alicyclic amines) is 1. The zero-order valence-electron chi connectivity index (χ0n) is 15.1. The van der Waals surface area contributed by atoms with Crippen molar-refractivity contribution < 1.29 is 17.6 Å². The van der Waals surface area contributed by atoms with Crippen LogP contribution in [0.3, 0.4) is 0 Å². The van der Waals surface area contributed by atoms with Crippen LogP contribution in [0.5, 0.6) is 0 Å². The highest BCUT2D eigenvalue weighted by molar-refractivity contribution is 7.92. The number of amides is 2. The van der Waals surface area contributed by atoms with Gasteiger partial charge in [0.25, 0.3) is 10.0 Å². The summed E-state index contributed by atoms with van der Waals surface area (Å²) in [6.45, 7) is 1.47. The highest BCUT2D eigenvalue weighted by Crippen LogP contribution is 2.25. The minimum absolute atomic E-state index is 0.0739. The van der Waals surface area contributed by atoms with Gasteiger partial charge < -0.3 is 10.2 Å². The molecule has 0 aliphatic carbocycles. The maximum Gasteiger partial charge on any atom is 0.321 e. The average Bonchev–Trinajstić information content (AvgIpc) is 2.94. The molecular weight excluding hydrogens is 405 g/mol. The van der Waals surface area contributed by atoms with E-state index < -0.39 is 15.8 Å². The van der Waals surface area contributed by atoms with Gasteiger partial charge in [0.1, 0.15) is 10.7 Å². The average molecular weight is 426 g/mol. The van der Waals surface area contributed by atoms with E-state index in [9.17, 15) is 17.6 Å². The second-order valence-electron chi connectivity index (χ2n) is 6.59. The van der Waals surface area contributed by atoms with Crippen LogP contribution in [0.15, 0.2) is 47.4 Å². The van der Waals surface area contributed by atoms with Gasteiger partial charge >= 0.3 is 6.03 Å². The SMILES string of the molecule is O=C(Nc1ccc(NS(=O)(=O)c2cc(F)ccc2Cl)cc1)N1CCCCCC1. The molecule has 28 heavy (non-hydrogen) atoms. The van der Waals surface area contributed by atoms with Crippen molar-refractivity contribution in [2.75, 3.05) is 23.1 Å². The first-order valence-electron chi connectivity index (χ1n) is 8.99. The second kappa shape index (κ2) is 8.79. The molecule has 3 rings (SSSR count). The second-order valence-corrected chi connectivity index (χ2v) is 8.65. The minimum Gasteiger partial charge on any atom is -0.325 e. The lowest BCUT2D eigenvalue weighted by Gasteiger charge is -2.20. The first-order valence-corrected chi connectivity index (χ1v) is 10.9. The standard InChI is InChI=1S/C19H21ClFN3O3S/c20-17-10-5-14(21)13-18(17)28(26,27)23-16-8-6-15(7-9-16)22-19(25)24-11-3-1-2-4-12-24/h5-10,13,23H,1-4,11-12H2,(H,22,25). The molecule has 0 atom stereocenters. The van der Waals surface area contributed by atoms with Gasteiger partial charge in [0, 0.05) is 24.5 Å². The molecule has 1 aliphatic rings. The van der Waals surface area contributed by atoms with E-state index in [1.807, 2.05) is 0 Å². The Kier molecular flexibility index (Phi) is 6.41. The molecule has 1 saturated heterocycles. The number of rotatable bonds is 4. The molecule has 0 saturated carbocycles. The van der Waals surface area contributed by atoms with E-state index in [2.05, 4.69) is 10.0 Å². The van der Waals surface area contributed by atoms with Crippen molar-refractivity contribution in [3.8, 4) is 0 Å². The van der Waals surface area contributed by atoms with Gasteiger partial charge in [-0.15, -0.1) is 0 Å². The van der Waals surface area contributed by atoms with Crippen LogP contribution in [-0.2, 0) is 10.0 Å². The summed E-state index contributed by atoms with van der Waals surface area (Å²) in [5.74, 6) is -0.698. The van der Waals surface area contributed by atoms with E-state index in [1.54, 1.807) is 17.0 Å². The number of nitrogens with zero attached hydrogens (tertiary/aromatic N) is 1. The fraction of sp³-hybridized carbons (Fsp3) is 0.316. The van der Waals surface area contributed by atoms with E-state index in [1.165, 1.54) is 18.2 Å². The van der Waals surface area contributed by atoms with E-state index in [4.69, 9.17) is 11.6 Å². The molecule has 1 fully saturated rings. The molecule has 0 aromatic heterocycles. The lowest BCUT2D eigenvalue weighted by molar-refractivity contribution is 0.214. The fourth-order valence-electron chi connectivity index (χ4n) is 2.99. The number of nitrogens with one attached hydrogen (secondary N) is 2. The minimum atomic E-state index is -4.04. The Balaban J connectivity index is 1.67. The summed E-state index contributed by atoms with van der Waals surface area (Å²) >= 11 is 5.88. The number of hydrogen-bond acceptors (Lipinski definition) is 3. The number of halogens is 2.